The molecule has 1 aromatic rings. The molecule has 0 saturated carbocycles. The molecule has 0 radical (unpaired) electrons. The Morgan fingerprint density at radius 2 is 1.94 bits per heavy atom. The number of hydrogen-bond donors (Lipinski definition) is 3. The van der Waals surface area contributed by atoms with E-state index < -0.39 is 24.0 Å². The molecule has 0 aromatic heterocycles. The third kappa shape index (κ3) is 3.54. The van der Waals surface area contributed by atoms with Crippen molar-refractivity contribution in [1.82, 2.24) is 5.48 Å². The fraction of sp³-hybridized carbons (Fsp3) is 0.273. The Kier molecular flexibility index (Phi) is 4.19. The monoisotopic (exact) mass is 237 g/mol. The molecule has 0 fully saturated rings. The third-order valence-corrected chi connectivity index (χ3v) is 2.22. The van der Waals surface area contributed by atoms with Crippen LogP contribution in [-0.4, -0.2) is 18.4 Å². The number of nitrogens with one attached hydrogen (secondary N) is 1. The van der Waals surface area contributed by atoms with Gasteiger partial charge in [-0.05, 0) is 12.5 Å². The fourth-order valence-electron chi connectivity index (χ4n) is 1.19. The molecule has 2 amide bonds. The summed E-state index contributed by atoms with van der Waals surface area (Å²) in [6.45, 7) is 1.15. The molecule has 0 aliphatic heterocycles. The summed E-state index contributed by atoms with van der Waals surface area (Å²) in [5.41, 5.74) is 12.2. The molecule has 1 aromatic carbocycles. The lowest BCUT2D eigenvalue weighted by Gasteiger charge is -2.23. The van der Waals surface area contributed by atoms with E-state index in [0.717, 1.165) is 0 Å². The van der Waals surface area contributed by atoms with Crippen LogP contribution in [0.3, 0.4) is 0 Å². The zero-order chi connectivity index (χ0) is 12.9. The number of amides is 2. The number of hydroxylamine groups is 1. The quantitative estimate of drug-likeness (QED) is 0.594. The summed E-state index contributed by atoms with van der Waals surface area (Å²) in [6, 6.07) is 8.83. The van der Waals surface area contributed by atoms with Crippen molar-refractivity contribution >= 4 is 11.8 Å². The third-order valence-electron chi connectivity index (χ3n) is 2.22. The molecule has 0 spiro atoms. The van der Waals surface area contributed by atoms with Gasteiger partial charge >= 0.3 is 0 Å². The molecular weight excluding hydrogens is 222 g/mol. The van der Waals surface area contributed by atoms with E-state index in [1.165, 1.54) is 0 Å². The molecule has 92 valence electrons. The predicted molar refractivity (Wildman–Crippen MR) is 61.3 cm³/mol. The summed E-state index contributed by atoms with van der Waals surface area (Å²) in [4.78, 5) is 26.8. The van der Waals surface area contributed by atoms with Gasteiger partial charge in [-0.3, -0.25) is 14.4 Å². The standard InChI is InChI=1S/C11H15N3O3/c1-11(13,8-5-3-2-4-6-8)10(16)14-17-7-9(12)15/h2-6H,7,13H2,1H3,(H2,12,15)(H,14,16). The molecule has 1 rings (SSSR count). The Labute approximate surface area is 98.9 Å². The Morgan fingerprint density at radius 3 is 2.47 bits per heavy atom. The molecule has 0 saturated heterocycles. The van der Waals surface area contributed by atoms with Gasteiger partial charge in [-0.15, -0.1) is 0 Å². The molecule has 1 atom stereocenters. The van der Waals surface area contributed by atoms with Gasteiger partial charge < -0.3 is 11.5 Å². The topological polar surface area (TPSA) is 107 Å². The van der Waals surface area contributed by atoms with Crippen molar-refractivity contribution in [2.24, 2.45) is 11.5 Å². The predicted octanol–water partition coefficient (Wildman–Crippen LogP) is -0.606. The summed E-state index contributed by atoms with van der Waals surface area (Å²) < 4.78 is 0. The van der Waals surface area contributed by atoms with Crippen LogP contribution in [0, 0.1) is 0 Å². The molecule has 1 unspecified atom stereocenters. The van der Waals surface area contributed by atoms with Crippen LogP contribution in [0.25, 0.3) is 0 Å². The van der Waals surface area contributed by atoms with E-state index in [9.17, 15) is 9.59 Å². The first-order valence-electron chi connectivity index (χ1n) is 4.99. The largest absolute Gasteiger partial charge is 0.368 e. The highest BCUT2D eigenvalue weighted by Crippen LogP contribution is 2.17. The number of rotatable bonds is 5. The van der Waals surface area contributed by atoms with Crippen LogP contribution in [0.2, 0.25) is 0 Å². The van der Waals surface area contributed by atoms with E-state index in [-0.39, 0.29) is 0 Å². The Bertz CT molecular complexity index is 404. The number of benzene rings is 1. The van der Waals surface area contributed by atoms with Crippen LogP contribution < -0.4 is 16.9 Å². The van der Waals surface area contributed by atoms with Gasteiger partial charge in [0, 0.05) is 0 Å². The number of primary amides is 1. The van der Waals surface area contributed by atoms with Crippen LogP contribution in [-0.2, 0) is 20.0 Å². The second kappa shape index (κ2) is 5.42. The van der Waals surface area contributed by atoms with Gasteiger partial charge in [-0.1, -0.05) is 30.3 Å². The molecule has 0 aliphatic carbocycles. The first kappa shape index (κ1) is 13.1. The zero-order valence-corrected chi connectivity index (χ0v) is 9.47. The second-order valence-electron chi connectivity index (χ2n) is 3.75. The van der Waals surface area contributed by atoms with E-state index in [1.807, 2.05) is 6.07 Å². The first-order valence-corrected chi connectivity index (χ1v) is 4.99. The van der Waals surface area contributed by atoms with Crippen LogP contribution in [0.5, 0.6) is 0 Å². The summed E-state index contributed by atoms with van der Waals surface area (Å²) in [5, 5.41) is 0. The maximum absolute atomic E-state index is 11.7. The van der Waals surface area contributed by atoms with Crippen molar-refractivity contribution in [1.29, 1.82) is 0 Å². The lowest BCUT2D eigenvalue weighted by atomic mass is 9.93. The average molecular weight is 237 g/mol. The minimum Gasteiger partial charge on any atom is -0.368 e. The fourth-order valence-corrected chi connectivity index (χ4v) is 1.19. The minimum atomic E-state index is -1.24. The smallest absolute Gasteiger partial charge is 0.267 e. The minimum absolute atomic E-state index is 0.392. The van der Waals surface area contributed by atoms with Gasteiger partial charge in [0.15, 0.2) is 6.61 Å². The molecule has 0 aliphatic rings. The normalized spacial score (nSPS) is 13.8. The van der Waals surface area contributed by atoms with Crippen molar-refractivity contribution in [2.75, 3.05) is 6.61 Å². The van der Waals surface area contributed by atoms with E-state index in [1.54, 1.807) is 31.2 Å². The maximum Gasteiger partial charge on any atom is 0.267 e. The van der Waals surface area contributed by atoms with Crippen LogP contribution in [0.15, 0.2) is 30.3 Å². The second-order valence-corrected chi connectivity index (χ2v) is 3.75. The highest BCUT2D eigenvalue weighted by atomic mass is 16.7. The molecular formula is C11H15N3O3. The average Bonchev–Trinajstić information content (AvgIpc) is 2.29. The van der Waals surface area contributed by atoms with E-state index in [0.29, 0.717) is 5.56 Å². The van der Waals surface area contributed by atoms with Gasteiger partial charge in [-0.2, -0.15) is 0 Å². The number of hydrogen-bond acceptors (Lipinski definition) is 4. The zero-order valence-electron chi connectivity index (χ0n) is 9.47. The first-order chi connectivity index (χ1) is 7.94. The molecule has 6 nitrogen and oxygen atoms in total. The Hall–Kier alpha value is -1.92. The van der Waals surface area contributed by atoms with E-state index >= 15 is 0 Å². The lowest BCUT2D eigenvalue weighted by molar-refractivity contribution is -0.142. The molecule has 0 bridgehead atoms. The molecule has 5 N–H and O–H groups in total. The Balaban J connectivity index is 2.64. The van der Waals surface area contributed by atoms with Crippen LogP contribution in [0.1, 0.15) is 12.5 Å². The van der Waals surface area contributed by atoms with Gasteiger partial charge in [0.1, 0.15) is 5.54 Å². The highest BCUT2D eigenvalue weighted by Gasteiger charge is 2.30. The van der Waals surface area contributed by atoms with Crippen molar-refractivity contribution in [3.05, 3.63) is 35.9 Å². The SMILES string of the molecule is CC(N)(C(=O)NOCC(N)=O)c1ccccc1. The van der Waals surface area contributed by atoms with E-state index in [4.69, 9.17) is 11.5 Å². The highest BCUT2D eigenvalue weighted by molar-refractivity contribution is 5.86. The molecule has 6 heteroatoms. The number of nitrogens with two attached hydrogens (primary N) is 2. The van der Waals surface area contributed by atoms with Crippen LogP contribution in [0.4, 0.5) is 0 Å². The summed E-state index contributed by atoms with van der Waals surface area (Å²) in [6.07, 6.45) is 0. The molecule has 0 heterocycles. The van der Waals surface area contributed by atoms with Gasteiger partial charge in [-0.25, -0.2) is 5.48 Å². The maximum atomic E-state index is 11.7. The lowest BCUT2D eigenvalue weighted by Crippen LogP contribution is -2.49. The summed E-state index contributed by atoms with van der Waals surface area (Å²) >= 11 is 0. The van der Waals surface area contributed by atoms with E-state index in [2.05, 4.69) is 10.3 Å². The van der Waals surface area contributed by atoms with Gasteiger partial charge in [0.25, 0.3) is 5.91 Å². The number of carbonyl (C=O) groups excluding carboxylic acids is 2. The Morgan fingerprint density at radius 1 is 1.35 bits per heavy atom. The summed E-state index contributed by atoms with van der Waals surface area (Å²) in [5.74, 6) is -1.23. The van der Waals surface area contributed by atoms with Gasteiger partial charge in [0.05, 0.1) is 0 Å². The van der Waals surface area contributed by atoms with Crippen molar-refractivity contribution in [3.8, 4) is 0 Å². The molecule has 17 heavy (non-hydrogen) atoms. The van der Waals surface area contributed by atoms with Crippen LogP contribution >= 0.6 is 0 Å². The summed E-state index contributed by atoms with van der Waals surface area (Å²) in [7, 11) is 0. The van der Waals surface area contributed by atoms with Crippen molar-refractivity contribution in [2.45, 2.75) is 12.5 Å². The van der Waals surface area contributed by atoms with Gasteiger partial charge in [0.2, 0.25) is 5.91 Å². The van der Waals surface area contributed by atoms with Crippen molar-refractivity contribution in [3.63, 3.8) is 0 Å². The van der Waals surface area contributed by atoms with Crippen molar-refractivity contribution < 1.29 is 14.4 Å². The number of carbonyl (C=O) groups is 2.